The molecule has 0 radical (unpaired) electrons. The van der Waals surface area contributed by atoms with Crippen LogP contribution in [0.3, 0.4) is 0 Å². The van der Waals surface area contributed by atoms with Gasteiger partial charge in [0.2, 0.25) is 5.91 Å². The summed E-state index contributed by atoms with van der Waals surface area (Å²) in [4.78, 5) is 14.3. The summed E-state index contributed by atoms with van der Waals surface area (Å²) in [5.74, 6) is 5.89. The summed E-state index contributed by atoms with van der Waals surface area (Å²) >= 11 is 1.63. The smallest absolute Gasteiger partial charge is 0.233 e. The summed E-state index contributed by atoms with van der Waals surface area (Å²) < 4.78 is 0. The van der Waals surface area contributed by atoms with Crippen molar-refractivity contribution in [3.63, 3.8) is 0 Å². The second-order valence-corrected chi connectivity index (χ2v) is 4.92. The van der Waals surface area contributed by atoms with Crippen molar-refractivity contribution in [1.82, 2.24) is 10.2 Å². The van der Waals surface area contributed by atoms with Gasteiger partial charge in [0.15, 0.2) is 0 Å². The minimum atomic E-state index is 0.0111. The SMILES string of the molecule is CNC(=O)CN(C)Cc1cc(C#CCCO)cs1. The number of nitrogens with zero attached hydrogens (tertiary/aromatic N) is 1. The molecule has 98 valence electrons. The lowest BCUT2D eigenvalue weighted by molar-refractivity contribution is -0.121. The Morgan fingerprint density at radius 3 is 3.06 bits per heavy atom. The molecule has 4 nitrogen and oxygen atoms in total. The molecule has 18 heavy (non-hydrogen) atoms. The average molecular weight is 266 g/mol. The Balaban J connectivity index is 2.49. The first-order valence-corrected chi connectivity index (χ1v) is 6.60. The minimum Gasteiger partial charge on any atom is -0.395 e. The van der Waals surface area contributed by atoms with E-state index in [-0.39, 0.29) is 12.5 Å². The van der Waals surface area contributed by atoms with Crippen LogP contribution in [-0.2, 0) is 11.3 Å². The van der Waals surface area contributed by atoms with Crippen LogP contribution in [0.2, 0.25) is 0 Å². The standard InChI is InChI=1S/C13H18N2O2S/c1-14-13(17)9-15(2)8-12-7-11(10-18-12)5-3-4-6-16/h7,10,16H,4,6,8-9H2,1-2H3,(H,14,17). The molecule has 1 heterocycles. The molecule has 0 saturated carbocycles. The van der Waals surface area contributed by atoms with Gasteiger partial charge in [-0.25, -0.2) is 0 Å². The Hall–Kier alpha value is -1.35. The predicted octanol–water partition coefficient (Wildman–Crippen LogP) is 0.660. The zero-order valence-electron chi connectivity index (χ0n) is 10.7. The van der Waals surface area contributed by atoms with Crippen LogP contribution in [0.4, 0.5) is 0 Å². The van der Waals surface area contributed by atoms with Crippen molar-refractivity contribution in [2.75, 3.05) is 27.2 Å². The molecule has 2 N–H and O–H groups in total. The molecule has 0 fully saturated rings. The van der Waals surface area contributed by atoms with Gasteiger partial charge in [-0.1, -0.05) is 11.8 Å². The summed E-state index contributed by atoms with van der Waals surface area (Å²) in [6, 6.07) is 2.02. The van der Waals surface area contributed by atoms with Crippen LogP contribution in [0.5, 0.6) is 0 Å². The Morgan fingerprint density at radius 2 is 2.39 bits per heavy atom. The predicted molar refractivity (Wildman–Crippen MR) is 73.3 cm³/mol. The number of hydrogen-bond donors (Lipinski definition) is 2. The second kappa shape index (κ2) is 7.88. The first-order valence-electron chi connectivity index (χ1n) is 5.72. The highest BCUT2D eigenvalue weighted by atomic mass is 32.1. The van der Waals surface area contributed by atoms with E-state index in [1.165, 1.54) is 4.88 Å². The largest absolute Gasteiger partial charge is 0.395 e. The van der Waals surface area contributed by atoms with Crippen molar-refractivity contribution in [2.24, 2.45) is 0 Å². The number of amides is 1. The molecule has 5 heteroatoms. The molecule has 0 bridgehead atoms. The molecular formula is C13H18N2O2S. The third-order valence-electron chi connectivity index (χ3n) is 2.24. The molecule has 0 unspecified atom stereocenters. The van der Waals surface area contributed by atoms with Gasteiger partial charge >= 0.3 is 0 Å². The van der Waals surface area contributed by atoms with Gasteiger partial charge in [0, 0.05) is 35.8 Å². The minimum absolute atomic E-state index is 0.0111. The molecule has 0 spiro atoms. The van der Waals surface area contributed by atoms with Crippen molar-refractivity contribution in [1.29, 1.82) is 0 Å². The fourth-order valence-corrected chi connectivity index (χ4v) is 2.29. The second-order valence-electron chi connectivity index (χ2n) is 3.92. The van der Waals surface area contributed by atoms with E-state index in [4.69, 9.17) is 5.11 Å². The fourth-order valence-electron chi connectivity index (χ4n) is 1.40. The van der Waals surface area contributed by atoms with Crippen molar-refractivity contribution >= 4 is 17.2 Å². The molecule has 1 rings (SSSR count). The molecule has 0 aromatic carbocycles. The summed E-state index contributed by atoms with van der Waals surface area (Å²) in [6.07, 6.45) is 0.502. The summed E-state index contributed by atoms with van der Waals surface area (Å²) in [5, 5.41) is 13.2. The Morgan fingerprint density at radius 1 is 1.61 bits per heavy atom. The molecule has 0 aliphatic carbocycles. The van der Waals surface area contributed by atoms with Gasteiger partial charge in [0.05, 0.1) is 13.2 Å². The van der Waals surface area contributed by atoms with E-state index in [9.17, 15) is 4.79 Å². The van der Waals surface area contributed by atoms with Crippen LogP contribution in [0, 0.1) is 11.8 Å². The molecule has 0 saturated heterocycles. The highest BCUT2D eigenvalue weighted by Gasteiger charge is 2.06. The van der Waals surface area contributed by atoms with E-state index in [1.807, 2.05) is 23.4 Å². The maximum Gasteiger partial charge on any atom is 0.233 e. The van der Waals surface area contributed by atoms with Gasteiger partial charge in [-0.3, -0.25) is 9.69 Å². The molecule has 1 aromatic rings. The van der Waals surface area contributed by atoms with Crippen LogP contribution in [-0.4, -0.2) is 43.2 Å². The van der Waals surface area contributed by atoms with E-state index in [0.717, 1.165) is 12.1 Å². The van der Waals surface area contributed by atoms with Gasteiger partial charge < -0.3 is 10.4 Å². The van der Waals surface area contributed by atoms with Crippen LogP contribution in [0.25, 0.3) is 0 Å². The zero-order chi connectivity index (χ0) is 13.4. The van der Waals surface area contributed by atoms with Crippen LogP contribution >= 0.6 is 11.3 Å². The number of nitrogens with one attached hydrogen (secondary N) is 1. The Kier molecular flexibility index (Phi) is 6.44. The first kappa shape index (κ1) is 14.7. The van der Waals surface area contributed by atoms with Gasteiger partial charge in [0.1, 0.15) is 0 Å². The van der Waals surface area contributed by atoms with Crippen LogP contribution in [0.1, 0.15) is 16.9 Å². The van der Waals surface area contributed by atoms with Crippen LogP contribution in [0.15, 0.2) is 11.4 Å². The highest BCUT2D eigenvalue weighted by Crippen LogP contribution is 2.15. The monoisotopic (exact) mass is 266 g/mol. The van der Waals surface area contributed by atoms with E-state index in [1.54, 1.807) is 18.4 Å². The molecule has 1 amide bonds. The van der Waals surface area contributed by atoms with E-state index in [2.05, 4.69) is 17.2 Å². The lowest BCUT2D eigenvalue weighted by atomic mass is 10.3. The van der Waals surface area contributed by atoms with Gasteiger partial charge in [-0.15, -0.1) is 11.3 Å². The number of aliphatic hydroxyl groups excluding tert-OH is 1. The summed E-state index contributed by atoms with van der Waals surface area (Å²) in [7, 11) is 3.54. The molecule has 1 aromatic heterocycles. The zero-order valence-corrected chi connectivity index (χ0v) is 11.5. The number of thiophene rings is 1. The Bertz CT molecular complexity index is 445. The maximum atomic E-state index is 11.2. The van der Waals surface area contributed by atoms with Gasteiger partial charge in [-0.05, 0) is 13.1 Å². The number of carbonyl (C=O) groups excluding carboxylic acids is 1. The third kappa shape index (κ3) is 5.32. The number of aliphatic hydroxyl groups is 1. The van der Waals surface area contributed by atoms with E-state index in [0.29, 0.717) is 13.0 Å². The number of carbonyl (C=O) groups is 1. The fraction of sp³-hybridized carbons (Fsp3) is 0.462. The first-order chi connectivity index (χ1) is 8.65. The average Bonchev–Trinajstić information content (AvgIpc) is 2.76. The molecule has 0 aliphatic heterocycles. The topological polar surface area (TPSA) is 52.6 Å². The number of hydrogen-bond acceptors (Lipinski definition) is 4. The molecule has 0 atom stereocenters. The van der Waals surface area contributed by atoms with Gasteiger partial charge in [-0.2, -0.15) is 0 Å². The van der Waals surface area contributed by atoms with Crippen molar-refractivity contribution in [3.05, 3.63) is 21.9 Å². The summed E-state index contributed by atoms with van der Waals surface area (Å²) in [5.41, 5.74) is 0.969. The lowest BCUT2D eigenvalue weighted by Gasteiger charge is -2.13. The lowest BCUT2D eigenvalue weighted by Crippen LogP contribution is -2.32. The molecule has 0 aliphatic rings. The van der Waals surface area contributed by atoms with Crippen molar-refractivity contribution in [3.8, 4) is 11.8 Å². The maximum absolute atomic E-state index is 11.2. The normalized spacial score (nSPS) is 10.0. The number of likely N-dealkylation sites (N-methyl/N-ethyl adjacent to an activating group) is 2. The summed E-state index contributed by atoms with van der Waals surface area (Å²) in [6.45, 7) is 1.22. The van der Waals surface area contributed by atoms with Crippen molar-refractivity contribution < 1.29 is 9.90 Å². The molecular weight excluding hydrogens is 248 g/mol. The van der Waals surface area contributed by atoms with E-state index >= 15 is 0 Å². The Labute approximate surface area is 112 Å². The third-order valence-corrected chi connectivity index (χ3v) is 3.16. The number of rotatable bonds is 5. The van der Waals surface area contributed by atoms with E-state index < -0.39 is 0 Å². The van der Waals surface area contributed by atoms with Crippen molar-refractivity contribution in [2.45, 2.75) is 13.0 Å². The highest BCUT2D eigenvalue weighted by molar-refractivity contribution is 7.10. The van der Waals surface area contributed by atoms with Gasteiger partial charge in [0.25, 0.3) is 0 Å². The van der Waals surface area contributed by atoms with Crippen LogP contribution < -0.4 is 5.32 Å². The quantitative estimate of drug-likeness (QED) is 0.770.